The van der Waals surface area contributed by atoms with Gasteiger partial charge in [-0.2, -0.15) is 0 Å². The van der Waals surface area contributed by atoms with Crippen LogP contribution in [0.5, 0.6) is 0 Å². The molecule has 0 unspecified atom stereocenters. The van der Waals surface area contributed by atoms with Crippen molar-refractivity contribution < 1.29 is 9.53 Å². The molecule has 0 spiro atoms. The zero-order valence-electron chi connectivity index (χ0n) is 14.7. The number of alkyl carbamates (subject to hydrolysis) is 1. The minimum atomic E-state index is -0.499. The van der Waals surface area contributed by atoms with Crippen molar-refractivity contribution in [1.82, 2.24) is 10.0 Å². The van der Waals surface area contributed by atoms with E-state index in [4.69, 9.17) is 16.3 Å². The predicted octanol–water partition coefficient (Wildman–Crippen LogP) is 5.02. The van der Waals surface area contributed by atoms with Crippen LogP contribution in [0.25, 0.3) is 0 Å². The van der Waals surface area contributed by atoms with Gasteiger partial charge in [0.15, 0.2) is 0 Å². The van der Waals surface area contributed by atoms with Crippen molar-refractivity contribution in [3.63, 3.8) is 0 Å². The Balaban J connectivity index is 2.57. The zero-order valence-corrected chi connectivity index (χ0v) is 17.0. The van der Waals surface area contributed by atoms with E-state index in [1.165, 1.54) is 0 Å². The summed E-state index contributed by atoms with van der Waals surface area (Å²) in [5.74, 6) is 0.514. The van der Waals surface area contributed by atoms with Crippen LogP contribution in [0.2, 0.25) is 0 Å². The summed E-state index contributed by atoms with van der Waals surface area (Å²) in [6.07, 6.45) is -0.388. The Hall–Kier alpha value is -0.430. The van der Waals surface area contributed by atoms with Gasteiger partial charge in [-0.25, -0.2) is 4.79 Å². The highest BCUT2D eigenvalue weighted by Crippen LogP contribution is 2.27. The van der Waals surface area contributed by atoms with Gasteiger partial charge in [-0.1, -0.05) is 20.8 Å². The standard InChI is InChI=1S/C16H27ClN2O2S2/c1-15(2,3)13(19-14(20)21-16(4,5)6)10-18-23-11-7-8-22-12(11)9-17/h7-8,13,18H,9-10H2,1-6H3,(H,19,20)/t13-/m1/s1. The molecule has 0 aliphatic heterocycles. The van der Waals surface area contributed by atoms with Crippen LogP contribution >= 0.6 is 34.9 Å². The number of ether oxygens (including phenoxy) is 1. The van der Waals surface area contributed by atoms with E-state index in [1.54, 1.807) is 23.3 Å². The van der Waals surface area contributed by atoms with E-state index < -0.39 is 5.60 Å². The lowest BCUT2D eigenvalue weighted by Gasteiger charge is -2.32. The van der Waals surface area contributed by atoms with Crippen molar-refractivity contribution in [1.29, 1.82) is 0 Å². The van der Waals surface area contributed by atoms with E-state index in [0.29, 0.717) is 12.4 Å². The Morgan fingerprint density at radius 3 is 2.52 bits per heavy atom. The summed E-state index contributed by atoms with van der Waals surface area (Å²) in [7, 11) is 0. The molecule has 0 saturated heterocycles. The van der Waals surface area contributed by atoms with Crippen molar-refractivity contribution in [2.45, 2.75) is 64.0 Å². The maximum atomic E-state index is 12.0. The number of rotatable bonds is 6. The molecule has 23 heavy (non-hydrogen) atoms. The van der Waals surface area contributed by atoms with Gasteiger partial charge in [0.1, 0.15) is 5.60 Å². The van der Waals surface area contributed by atoms with E-state index in [2.05, 4.69) is 30.8 Å². The molecule has 1 rings (SSSR count). The molecule has 1 heterocycles. The molecule has 1 aromatic rings. The maximum Gasteiger partial charge on any atom is 0.407 e. The van der Waals surface area contributed by atoms with Gasteiger partial charge in [0.05, 0.1) is 11.9 Å². The van der Waals surface area contributed by atoms with Gasteiger partial charge in [-0.3, -0.25) is 4.72 Å². The maximum absolute atomic E-state index is 12.0. The first-order valence-electron chi connectivity index (χ1n) is 7.54. The normalized spacial score (nSPS) is 13.7. The van der Waals surface area contributed by atoms with E-state index in [-0.39, 0.29) is 17.6 Å². The summed E-state index contributed by atoms with van der Waals surface area (Å²) < 4.78 is 8.68. The molecular weight excluding hydrogens is 352 g/mol. The highest BCUT2D eigenvalue weighted by Gasteiger charge is 2.28. The topological polar surface area (TPSA) is 50.4 Å². The van der Waals surface area contributed by atoms with E-state index in [9.17, 15) is 4.79 Å². The number of alkyl halides is 1. The number of carbonyl (C=O) groups excluding carboxylic acids is 1. The van der Waals surface area contributed by atoms with Crippen LogP contribution in [-0.4, -0.2) is 24.3 Å². The summed E-state index contributed by atoms with van der Waals surface area (Å²) in [6.45, 7) is 12.5. The third kappa shape index (κ3) is 7.79. The fraction of sp³-hybridized carbons (Fsp3) is 0.688. The first-order valence-corrected chi connectivity index (χ1v) is 9.77. The minimum Gasteiger partial charge on any atom is -0.444 e. The lowest BCUT2D eigenvalue weighted by Crippen LogP contribution is -2.50. The van der Waals surface area contributed by atoms with E-state index in [1.807, 2.05) is 32.2 Å². The van der Waals surface area contributed by atoms with Gasteiger partial charge in [0.2, 0.25) is 0 Å². The van der Waals surface area contributed by atoms with Crippen LogP contribution in [-0.2, 0) is 10.6 Å². The van der Waals surface area contributed by atoms with Crippen molar-refractivity contribution in [2.75, 3.05) is 6.54 Å². The summed E-state index contributed by atoms with van der Waals surface area (Å²) in [6, 6.07) is 2.00. The molecule has 0 aromatic carbocycles. The Morgan fingerprint density at radius 1 is 1.35 bits per heavy atom. The number of amides is 1. The molecular formula is C16H27ClN2O2S2. The molecule has 4 nitrogen and oxygen atoms in total. The van der Waals surface area contributed by atoms with Crippen molar-refractivity contribution in [3.05, 3.63) is 16.3 Å². The highest BCUT2D eigenvalue weighted by atomic mass is 35.5. The van der Waals surface area contributed by atoms with E-state index in [0.717, 1.165) is 9.77 Å². The van der Waals surface area contributed by atoms with Gasteiger partial charge in [-0.05, 0) is 49.6 Å². The number of hydrogen-bond donors (Lipinski definition) is 2. The predicted molar refractivity (Wildman–Crippen MR) is 100 cm³/mol. The van der Waals surface area contributed by atoms with Crippen LogP contribution in [0.1, 0.15) is 46.4 Å². The Kier molecular flexibility index (Phi) is 7.71. The van der Waals surface area contributed by atoms with Gasteiger partial charge in [-0.15, -0.1) is 22.9 Å². The fourth-order valence-electron chi connectivity index (χ4n) is 1.74. The fourth-order valence-corrected chi connectivity index (χ4v) is 3.85. The van der Waals surface area contributed by atoms with Crippen LogP contribution in [0, 0.1) is 5.41 Å². The second kappa shape index (κ2) is 8.60. The van der Waals surface area contributed by atoms with Crippen LogP contribution in [0.15, 0.2) is 16.3 Å². The smallest absolute Gasteiger partial charge is 0.407 e. The molecule has 0 radical (unpaired) electrons. The monoisotopic (exact) mass is 378 g/mol. The highest BCUT2D eigenvalue weighted by molar-refractivity contribution is 7.97. The molecule has 0 saturated carbocycles. The Bertz CT molecular complexity index is 507. The average Bonchev–Trinajstić information content (AvgIpc) is 2.81. The van der Waals surface area contributed by atoms with Gasteiger partial charge in [0.25, 0.3) is 0 Å². The van der Waals surface area contributed by atoms with Crippen LogP contribution < -0.4 is 10.0 Å². The molecule has 7 heteroatoms. The summed E-state index contributed by atoms with van der Waals surface area (Å²) in [4.78, 5) is 14.3. The van der Waals surface area contributed by atoms with Crippen molar-refractivity contribution >= 4 is 41.0 Å². The molecule has 2 N–H and O–H groups in total. The molecule has 1 aromatic heterocycles. The van der Waals surface area contributed by atoms with Crippen molar-refractivity contribution in [2.24, 2.45) is 5.41 Å². The van der Waals surface area contributed by atoms with Gasteiger partial charge < -0.3 is 10.1 Å². The lowest BCUT2D eigenvalue weighted by molar-refractivity contribution is 0.0466. The molecule has 0 bridgehead atoms. The second-order valence-electron chi connectivity index (χ2n) is 7.36. The van der Waals surface area contributed by atoms with Gasteiger partial charge >= 0.3 is 6.09 Å². The molecule has 0 aliphatic rings. The summed E-state index contributed by atoms with van der Waals surface area (Å²) in [5.41, 5.74) is -0.588. The third-order valence-electron chi connectivity index (χ3n) is 3.03. The van der Waals surface area contributed by atoms with Crippen LogP contribution in [0.4, 0.5) is 4.79 Å². The Labute approximate surface area is 152 Å². The van der Waals surface area contributed by atoms with Gasteiger partial charge in [0, 0.05) is 16.3 Å². The number of halogens is 1. The number of thiophene rings is 1. The lowest BCUT2D eigenvalue weighted by atomic mass is 9.87. The first-order chi connectivity index (χ1) is 10.5. The first kappa shape index (κ1) is 20.6. The van der Waals surface area contributed by atoms with Crippen LogP contribution in [0.3, 0.4) is 0 Å². The Morgan fingerprint density at radius 2 is 2.00 bits per heavy atom. The number of carbonyl (C=O) groups is 1. The zero-order chi connectivity index (χ0) is 17.7. The molecule has 1 amide bonds. The third-order valence-corrected chi connectivity index (χ3v) is 5.42. The van der Waals surface area contributed by atoms with E-state index >= 15 is 0 Å². The molecule has 1 atom stereocenters. The number of nitrogens with one attached hydrogen (secondary N) is 2. The SMILES string of the molecule is CC(C)(C)OC(=O)N[C@H](CNSc1ccsc1CCl)C(C)(C)C. The molecule has 0 aliphatic carbocycles. The molecule has 0 fully saturated rings. The largest absolute Gasteiger partial charge is 0.444 e. The minimum absolute atomic E-state index is 0.0528. The molecule has 132 valence electrons. The quantitative estimate of drug-likeness (QED) is 0.538. The van der Waals surface area contributed by atoms with Crippen molar-refractivity contribution in [3.8, 4) is 0 Å². The summed E-state index contributed by atoms with van der Waals surface area (Å²) in [5, 5.41) is 4.99. The average molecular weight is 379 g/mol. The number of hydrogen-bond acceptors (Lipinski definition) is 5. The second-order valence-corrected chi connectivity index (χ2v) is 9.56. The summed E-state index contributed by atoms with van der Waals surface area (Å²) >= 11 is 9.11.